The zero-order valence-electron chi connectivity index (χ0n) is 19.1. The van der Waals surface area contributed by atoms with Gasteiger partial charge in [-0.05, 0) is 50.0 Å². The van der Waals surface area contributed by atoms with Crippen molar-refractivity contribution < 1.29 is 13.6 Å². The largest absolute Gasteiger partial charge is 0.351 e. The highest BCUT2D eigenvalue weighted by molar-refractivity contribution is 6.13. The Bertz CT molecular complexity index is 1550. The number of halogens is 2. The number of nitrogens with one attached hydrogen (secondary N) is 2. The predicted molar refractivity (Wildman–Crippen MR) is 131 cm³/mol. The molecule has 4 heterocycles. The van der Waals surface area contributed by atoms with Crippen LogP contribution in [0.3, 0.4) is 0 Å². The van der Waals surface area contributed by atoms with Crippen molar-refractivity contribution in [1.29, 1.82) is 0 Å². The predicted octanol–water partition coefficient (Wildman–Crippen LogP) is 4.41. The van der Waals surface area contributed by atoms with Crippen LogP contribution in [0, 0.1) is 11.6 Å². The zero-order valence-corrected chi connectivity index (χ0v) is 19.1. The molecule has 35 heavy (non-hydrogen) atoms. The summed E-state index contributed by atoms with van der Waals surface area (Å²) in [6, 6.07) is 9.62. The zero-order chi connectivity index (χ0) is 24.5. The SMILES string of the molecule is CN(C)CCNC(=O)c1ccc(-c2c(F)cnc3[nH]c4cnc(-c5cccnc5)cc4c23)cc1F. The number of carbonyl (C=O) groups is 1. The van der Waals surface area contributed by atoms with Gasteiger partial charge in [-0.1, -0.05) is 6.07 Å². The number of aromatic nitrogens is 4. The third-order valence-corrected chi connectivity index (χ3v) is 5.76. The highest BCUT2D eigenvalue weighted by Gasteiger charge is 2.20. The minimum atomic E-state index is -0.730. The van der Waals surface area contributed by atoms with E-state index in [2.05, 4.69) is 25.3 Å². The Kier molecular flexibility index (Phi) is 5.92. The molecule has 0 saturated heterocycles. The van der Waals surface area contributed by atoms with E-state index in [1.165, 1.54) is 12.1 Å². The van der Waals surface area contributed by atoms with Gasteiger partial charge in [0, 0.05) is 47.4 Å². The number of H-pyrrole nitrogens is 1. The highest BCUT2D eigenvalue weighted by Crippen LogP contribution is 2.37. The standard InChI is InChI=1S/C26H22F2N6O/c1-34(2)9-8-30-26(35)17-6-5-15(10-19(17)27)23-20(28)13-32-25-24(23)18-11-21(31-14-22(18)33-25)16-4-3-7-29-12-16/h3-7,10-14H,8-9H2,1-2H3,(H,30,35)(H,32,33). The third-order valence-electron chi connectivity index (χ3n) is 5.76. The van der Waals surface area contributed by atoms with Gasteiger partial charge >= 0.3 is 0 Å². The van der Waals surface area contributed by atoms with Gasteiger partial charge in [0.25, 0.3) is 5.91 Å². The van der Waals surface area contributed by atoms with E-state index >= 15 is 4.39 Å². The van der Waals surface area contributed by atoms with Crippen LogP contribution in [-0.4, -0.2) is 57.9 Å². The molecular formula is C26H22F2N6O. The summed E-state index contributed by atoms with van der Waals surface area (Å²) in [5.41, 5.74) is 3.00. The number of amides is 1. The first-order chi connectivity index (χ1) is 16.9. The van der Waals surface area contributed by atoms with Gasteiger partial charge in [0.15, 0.2) is 0 Å². The summed E-state index contributed by atoms with van der Waals surface area (Å²) in [6.45, 7) is 1.01. The van der Waals surface area contributed by atoms with Crippen molar-refractivity contribution in [3.63, 3.8) is 0 Å². The van der Waals surface area contributed by atoms with Gasteiger partial charge in [0.1, 0.15) is 17.3 Å². The molecule has 5 rings (SSSR count). The summed E-state index contributed by atoms with van der Waals surface area (Å²) >= 11 is 0. The Morgan fingerprint density at radius 3 is 2.63 bits per heavy atom. The Hall–Kier alpha value is -4.24. The Labute approximate surface area is 199 Å². The van der Waals surface area contributed by atoms with Gasteiger partial charge in [-0.3, -0.25) is 14.8 Å². The van der Waals surface area contributed by atoms with Crippen LogP contribution >= 0.6 is 0 Å². The molecule has 1 aromatic carbocycles. The van der Waals surface area contributed by atoms with E-state index in [1.54, 1.807) is 24.7 Å². The Morgan fingerprint density at radius 1 is 1.03 bits per heavy atom. The van der Waals surface area contributed by atoms with Crippen LogP contribution in [0.4, 0.5) is 8.78 Å². The van der Waals surface area contributed by atoms with Crippen LogP contribution in [0.15, 0.2) is 61.2 Å². The number of aromatic amines is 1. The molecule has 0 aliphatic rings. The second kappa shape index (κ2) is 9.19. The highest BCUT2D eigenvalue weighted by atomic mass is 19.1. The van der Waals surface area contributed by atoms with Crippen molar-refractivity contribution in [3.8, 4) is 22.4 Å². The molecule has 0 bridgehead atoms. The van der Waals surface area contributed by atoms with Gasteiger partial charge < -0.3 is 15.2 Å². The van der Waals surface area contributed by atoms with Gasteiger partial charge in [-0.25, -0.2) is 13.8 Å². The first-order valence-corrected chi connectivity index (χ1v) is 11.0. The quantitative estimate of drug-likeness (QED) is 0.382. The lowest BCUT2D eigenvalue weighted by Crippen LogP contribution is -2.31. The molecule has 0 aliphatic carbocycles. The molecule has 0 radical (unpaired) electrons. The topological polar surface area (TPSA) is 86.8 Å². The van der Waals surface area contributed by atoms with Crippen molar-refractivity contribution in [2.45, 2.75) is 0 Å². The van der Waals surface area contributed by atoms with E-state index in [0.717, 1.165) is 11.8 Å². The second-order valence-corrected chi connectivity index (χ2v) is 8.44. The number of rotatable bonds is 6. The lowest BCUT2D eigenvalue weighted by Gasteiger charge is -2.12. The van der Waals surface area contributed by atoms with Gasteiger partial charge in [0.2, 0.25) is 0 Å². The number of hydrogen-bond acceptors (Lipinski definition) is 5. The molecule has 0 unspecified atom stereocenters. The van der Waals surface area contributed by atoms with Crippen molar-refractivity contribution >= 4 is 27.8 Å². The molecule has 0 fully saturated rings. The van der Waals surface area contributed by atoms with Crippen LogP contribution in [0.2, 0.25) is 0 Å². The van der Waals surface area contributed by atoms with Gasteiger partial charge in [0.05, 0.1) is 29.2 Å². The molecule has 2 N–H and O–H groups in total. The average Bonchev–Trinajstić information content (AvgIpc) is 3.22. The minimum Gasteiger partial charge on any atom is -0.351 e. The maximum atomic E-state index is 15.2. The second-order valence-electron chi connectivity index (χ2n) is 8.44. The van der Waals surface area contributed by atoms with E-state index in [9.17, 15) is 9.18 Å². The van der Waals surface area contributed by atoms with Crippen molar-refractivity contribution in [2.75, 3.05) is 27.2 Å². The summed E-state index contributed by atoms with van der Waals surface area (Å²) < 4.78 is 30.2. The van der Waals surface area contributed by atoms with Crippen LogP contribution in [0.25, 0.3) is 44.3 Å². The van der Waals surface area contributed by atoms with Crippen LogP contribution in [0.5, 0.6) is 0 Å². The number of nitrogens with zero attached hydrogens (tertiary/aromatic N) is 4. The summed E-state index contributed by atoms with van der Waals surface area (Å²) in [4.78, 5) is 30.3. The summed E-state index contributed by atoms with van der Waals surface area (Å²) in [7, 11) is 3.76. The fraction of sp³-hybridized carbons (Fsp3) is 0.154. The molecule has 1 amide bonds. The summed E-state index contributed by atoms with van der Waals surface area (Å²) in [5, 5.41) is 3.90. The number of carbonyl (C=O) groups excluding carboxylic acids is 1. The fourth-order valence-corrected chi connectivity index (χ4v) is 4.03. The first-order valence-electron chi connectivity index (χ1n) is 11.0. The van der Waals surface area contributed by atoms with Gasteiger partial charge in [-0.15, -0.1) is 0 Å². The van der Waals surface area contributed by atoms with E-state index in [0.29, 0.717) is 46.3 Å². The van der Waals surface area contributed by atoms with Crippen LogP contribution in [0.1, 0.15) is 10.4 Å². The molecule has 0 aliphatic heterocycles. The number of pyridine rings is 3. The average molecular weight is 472 g/mol. The molecule has 7 nitrogen and oxygen atoms in total. The Morgan fingerprint density at radius 2 is 1.89 bits per heavy atom. The Balaban J connectivity index is 1.60. The van der Waals surface area contributed by atoms with E-state index in [4.69, 9.17) is 0 Å². The summed E-state index contributed by atoms with van der Waals surface area (Å²) in [5.74, 6) is -1.84. The molecular weight excluding hydrogens is 450 g/mol. The van der Waals surface area contributed by atoms with Gasteiger partial charge in [-0.2, -0.15) is 0 Å². The number of benzene rings is 1. The molecule has 4 aromatic heterocycles. The lowest BCUT2D eigenvalue weighted by atomic mass is 9.99. The maximum Gasteiger partial charge on any atom is 0.254 e. The number of likely N-dealkylation sites (N-methyl/N-ethyl adjacent to an activating group) is 1. The van der Waals surface area contributed by atoms with Crippen molar-refractivity contribution in [2.24, 2.45) is 0 Å². The molecule has 0 atom stereocenters. The molecule has 0 spiro atoms. The smallest absolute Gasteiger partial charge is 0.254 e. The molecule has 5 aromatic rings. The van der Waals surface area contributed by atoms with E-state index < -0.39 is 17.5 Å². The number of hydrogen-bond donors (Lipinski definition) is 2. The van der Waals surface area contributed by atoms with Crippen LogP contribution < -0.4 is 5.32 Å². The molecule has 0 saturated carbocycles. The van der Waals surface area contributed by atoms with E-state index in [-0.39, 0.29) is 11.1 Å². The number of fused-ring (bicyclic) bond motifs is 3. The summed E-state index contributed by atoms with van der Waals surface area (Å²) in [6.07, 6.45) is 6.12. The maximum absolute atomic E-state index is 15.2. The van der Waals surface area contributed by atoms with Crippen molar-refractivity contribution in [1.82, 2.24) is 30.2 Å². The first kappa shape index (κ1) is 22.5. The van der Waals surface area contributed by atoms with E-state index in [1.807, 2.05) is 37.2 Å². The van der Waals surface area contributed by atoms with Crippen molar-refractivity contribution in [3.05, 3.63) is 78.4 Å². The fourth-order valence-electron chi connectivity index (χ4n) is 4.03. The van der Waals surface area contributed by atoms with Crippen LogP contribution in [-0.2, 0) is 0 Å². The minimum absolute atomic E-state index is 0.0970. The molecule has 9 heteroatoms. The monoisotopic (exact) mass is 472 g/mol. The molecule has 176 valence electrons. The third kappa shape index (κ3) is 4.33. The lowest BCUT2D eigenvalue weighted by molar-refractivity contribution is 0.0947. The normalized spacial score (nSPS) is 11.5.